The van der Waals surface area contributed by atoms with Crippen molar-refractivity contribution in [1.29, 1.82) is 0 Å². The van der Waals surface area contributed by atoms with Gasteiger partial charge in [0.25, 0.3) is 5.56 Å². The predicted molar refractivity (Wildman–Crippen MR) is 129 cm³/mol. The van der Waals surface area contributed by atoms with E-state index in [-0.39, 0.29) is 24.0 Å². The molecule has 1 aromatic heterocycles. The van der Waals surface area contributed by atoms with Crippen LogP contribution in [0, 0.1) is 0 Å². The first kappa shape index (κ1) is 22.4. The molecular formula is C25H20N4O5. The maximum absolute atomic E-state index is 11.2. The minimum absolute atomic E-state index is 0.163. The van der Waals surface area contributed by atoms with Crippen LogP contribution >= 0.6 is 0 Å². The molecule has 3 heterocycles. The van der Waals surface area contributed by atoms with Crippen LogP contribution in [0.25, 0.3) is 10.9 Å². The lowest BCUT2D eigenvalue weighted by molar-refractivity contribution is 0.0518. The van der Waals surface area contributed by atoms with E-state index in [1.807, 2.05) is 42.5 Å². The van der Waals surface area contributed by atoms with E-state index in [0.717, 1.165) is 16.9 Å². The van der Waals surface area contributed by atoms with E-state index in [9.17, 15) is 19.2 Å². The van der Waals surface area contributed by atoms with Gasteiger partial charge in [-0.15, -0.1) is 0 Å². The molecule has 0 saturated heterocycles. The molecular weight excluding hydrogens is 436 g/mol. The average molecular weight is 456 g/mol. The lowest BCUT2D eigenvalue weighted by Gasteiger charge is -2.16. The largest absolute Gasteiger partial charge is 0.441 e. The number of nitrogens with zero attached hydrogens (tertiary/aromatic N) is 1. The molecule has 3 aromatic carbocycles. The summed E-state index contributed by atoms with van der Waals surface area (Å²) in [5.41, 5.74) is 2.74. The van der Waals surface area contributed by atoms with Crippen molar-refractivity contribution < 1.29 is 14.3 Å². The quantitative estimate of drug-likeness (QED) is 0.347. The van der Waals surface area contributed by atoms with Gasteiger partial charge in [0, 0.05) is 18.2 Å². The molecule has 0 bridgehead atoms. The van der Waals surface area contributed by atoms with Crippen molar-refractivity contribution in [3.05, 3.63) is 105 Å². The van der Waals surface area contributed by atoms with E-state index in [0.29, 0.717) is 22.9 Å². The van der Waals surface area contributed by atoms with Gasteiger partial charge in [0.2, 0.25) is 0 Å². The van der Waals surface area contributed by atoms with Gasteiger partial charge in [-0.2, -0.15) is 0 Å². The SMILES string of the molecule is O=C1CC=Nc2ccccc21.O=C1OCNc2ccccc21.O=c1[nH]c(=O)c2ccccc2[nH]1. The monoisotopic (exact) mass is 456 g/mol. The molecule has 9 nitrogen and oxygen atoms in total. The summed E-state index contributed by atoms with van der Waals surface area (Å²) in [4.78, 5) is 52.9. The lowest BCUT2D eigenvalue weighted by Crippen LogP contribution is -2.21. The van der Waals surface area contributed by atoms with Gasteiger partial charge in [-0.3, -0.25) is 19.6 Å². The van der Waals surface area contributed by atoms with Gasteiger partial charge in [-0.25, -0.2) is 9.59 Å². The van der Waals surface area contributed by atoms with Crippen LogP contribution in [0.5, 0.6) is 0 Å². The van der Waals surface area contributed by atoms with Gasteiger partial charge in [-0.05, 0) is 36.4 Å². The number of aromatic amines is 2. The Hall–Kier alpha value is -4.79. The number of ether oxygens (including phenoxy) is 1. The topological polar surface area (TPSA) is 133 Å². The number of carbonyl (C=O) groups excluding carboxylic acids is 2. The van der Waals surface area contributed by atoms with Crippen molar-refractivity contribution in [2.75, 3.05) is 12.0 Å². The van der Waals surface area contributed by atoms with E-state index in [1.54, 1.807) is 36.5 Å². The minimum atomic E-state index is -0.473. The zero-order chi connectivity index (χ0) is 23.9. The number of para-hydroxylation sites is 3. The number of aliphatic imine (C=N–C) groups is 1. The highest BCUT2D eigenvalue weighted by Gasteiger charge is 2.16. The summed E-state index contributed by atoms with van der Waals surface area (Å²) in [5.74, 6) is -0.0880. The number of benzene rings is 3. The predicted octanol–water partition coefficient (Wildman–Crippen LogP) is 3.42. The fraction of sp³-hybridized carbons (Fsp3) is 0.0800. The number of H-pyrrole nitrogens is 2. The number of Topliss-reactive ketones (excluding diaryl/α,β-unsaturated/α-hetero) is 1. The Kier molecular flexibility index (Phi) is 6.73. The number of carbonyl (C=O) groups is 2. The Morgan fingerprint density at radius 2 is 1.47 bits per heavy atom. The number of ketones is 1. The number of esters is 1. The Bertz CT molecular complexity index is 1500. The summed E-state index contributed by atoms with van der Waals surface area (Å²) >= 11 is 0. The molecule has 0 spiro atoms. The van der Waals surface area contributed by atoms with Gasteiger partial charge in [0.05, 0.1) is 27.8 Å². The number of anilines is 1. The number of aromatic nitrogens is 2. The fourth-order valence-electron chi connectivity index (χ4n) is 3.35. The first-order chi connectivity index (χ1) is 16.5. The molecule has 0 saturated carbocycles. The molecule has 9 heteroatoms. The highest BCUT2D eigenvalue weighted by molar-refractivity contribution is 6.09. The molecule has 4 aromatic rings. The van der Waals surface area contributed by atoms with Gasteiger partial charge in [0.1, 0.15) is 0 Å². The number of hydrogen-bond acceptors (Lipinski definition) is 7. The summed E-state index contributed by atoms with van der Waals surface area (Å²) in [6.07, 6.45) is 2.10. The van der Waals surface area contributed by atoms with Crippen molar-refractivity contribution in [2.24, 2.45) is 4.99 Å². The van der Waals surface area contributed by atoms with Crippen molar-refractivity contribution in [3.63, 3.8) is 0 Å². The maximum Gasteiger partial charge on any atom is 0.341 e. The van der Waals surface area contributed by atoms with Gasteiger partial charge in [0.15, 0.2) is 12.5 Å². The lowest BCUT2D eigenvalue weighted by atomic mass is 10.0. The van der Waals surface area contributed by atoms with Gasteiger partial charge >= 0.3 is 11.7 Å². The highest BCUT2D eigenvalue weighted by atomic mass is 16.5. The molecule has 0 aliphatic carbocycles. The number of nitrogens with one attached hydrogen (secondary N) is 3. The second kappa shape index (κ2) is 10.2. The van der Waals surface area contributed by atoms with Crippen LogP contribution in [0.3, 0.4) is 0 Å². The van der Waals surface area contributed by atoms with Crippen molar-refractivity contribution in [2.45, 2.75) is 6.42 Å². The van der Waals surface area contributed by atoms with E-state index in [2.05, 4.69) is 20.3 Å². The van der Waals surface area contributed by atoms with Crippen LogP contribution in [0.2, 0.25) is 0 Å². The Morgan fingerprint density at radius 1 is 0.765 bits per heavy atom. The number of rotatable bonds is 0. The van der Waals surface area contributed by atoms with Crippen LogP contribution in [-0.2, 0) is 4.74 Å². The first-order valence-electron chi connectivity index (χ1n) is 10.4. The van der Waals surface area contributed by atoms with Crippen LogP contribution in [0.1, 0.15) is 27.1 Å². The normalized spacial score (nSPS) is 13.2. The molecule has 2 aliphatic heterocycles. The molecule has 2 aliphatic rings. The zero-order valence-electron chi connectivity index (χ0n) is 17.9. The number of fused-ring (bicyclic) bond motifs is 3. The minimum Gasteiger partial charge on any atom is -0.441 e. The fourth-order valence-corrected chi connectivity index (χ4v) is 3.35. The highest BCUT2D eigenvalue weighted by Crippen LogP contribution is 2.22. The van der Waals surface area contributed by atoms with E-state index < -0.39 is 5.69 Å². The molecule has 34 heavy (non-hydrogen) atoms. The molecule has 170 valence electrons. The summed E-state index contributed by atoms with van der Waals surface area (Å²) < 4.78 is 4.75. The van der Waals surface area contributed by atoms with Crippen molar-refractivity contribution in [1.82, 2.24) is 9.97 Å². The third kappa shape index (κ3) is 5.16. The average Bonchev–Trinajstić information content (AvgIpc) is 2.86. The van der Waals surface area contributed by atoms with Crippen LogP contribution in [0.4, 0.5) is 11.4 Å². The third-order valence-corrected chi connectivity index (χ3v) is 4.97. The first-order valence-corrected chi connectivity index (χ1v) is 10.4. The summed E-state index contributed by atoms with van der Waals surface area (Å²) in [5, 5.41) is 3.45. The van der Waals surface area contributed by atoms with E-state index in [1.165, 1.54) is 0 Å². The second-order valence-corrected chi connectivity index (χ2v) is 7.21. The summed E-state index contributed by atoms with van der Waals surface area (Å²) in [6.45, 7) is 0.274. The standard InChI is InChI=1S/C9H7NO.C8H6N2O2.C8H7NO2/c11-9-5-6-10-8-4-2-1-3-7(8)9;11-7-5-3-1-2-4-6(5)9-8(12)10-7;10-8-6-3-1-2-4-7(6)9-5-11-8/h1-4,6H,5H2;1-4H,(H2,9,10,11,12);1-4,9H,5H2. The molecule has 0 amide bonds. The third-order valence-electron chi connectivity index (χ3n) is 4.97. The maximum atomic E-state index is 11.2. The van der Waals surface area contributed by atoms with Crippen LogP contribution < -0.4 is 16.6 Å². The van der Waals surface area contributed by atoms with Gasteiger partial charge < -0.3 is 15.0 Å². The molecule has 0 radical (unpaired) electrons. The smallest absolute Gasteiger partial charge is 0.341 e. The van der Waals surface area contributed by atoms with Crippen molar-refractivity contribution in [3.8, 4) is 0 Å². The second-order valence-electron chi connectivity index (χ2n) is 7.21. The Balaban J connectivity index is 0.000000121. The van der Waals surface area contributed by atoms with E-state index in [4.69, 9.17) is 4.74 Å². The van der Waals surface area contributed by atoms with Crippen LogP contribution in [-0.4, -0.2) is 34.7 Å². The molecule has 3 N–H and O–H groups in total. The van der Waals surface area contributed by atoms with Gasteiger partial charge in [-0.1, -0.05) is 36.4 Å². The molecule has 0 fully saturated rings. The Morgan fingerprint density at radius 3 is 2.26 bits per heavy atom. The van der Waals surface area contributed by atoms with Crippen LogP contribution in [0.15, 0.2) is 87.4 Å². The molecule has 6 rings (SSSR count). The van der Waals surface area contributed by atoms with Crippen molar-refractivity contribution >= 4 is 40.2 Å². The number of hydrogen-bond donors (Lipinski definition) is 3. The summed E-state index contributed by atoms with van der Waals surface area (Å²) in [7, 11) is 0. The molecule has 0 unspecified atom stereocenters. The molecule has 0 atom stereocenters. The number of cyclic esters (lactones) is 1. The zero-order valence-corrected chi connectivity index (χ0v) is 17.9. The Labute approximate surface area is 193 Å². The van der Waals surface area contributed by atoms with E-state index >= 15 is 0 Å². The summed E-state index contributed by atoms with van der Waals surface area (Å²) in [6, 6.07) is 21.5.